The lowest BCUT2D eigenvalue weighted by Gasteiger charge is -2.31. The van der Waals surface area contributed by atoms with Gasteiger partial charge in [0.05, 0.1) is 11.5 Å². The summed E-state index contributed by atoms with van der Waals surface area (Å²) < 4.78 is 41.4. The van der Waals surface area contributed by atoms with Gasteiger partial charge >= 0.3 is 0 Å². The summed E-state index contributed by atoms with van der Waals surface area (Å²) in [6.07, 6.45) is 7.68. The van der Waals surface area contributed by atoms with Gasteiger partial charge in [-0.15, -0.1) is 0 Å². The van der Waals surface area contributed by atoms with Gasteiger partial charge in [-0.2, -0.15) is 0 Å². The summed E-state index contributed by atoms with van der Waals surface area (Å²) in [6, 6.07) is 0. The molecular weight excluding hydrogens is 408 g/mol. The van der Waals surface area contributed by atoms with Gasteiger partial charge in [-0.25, -0.2) is 8.42 Å². The first-order valence-corrected chi connectivity index (χ1v) is 15.0. The van der Waals surface area contributed by atoms with Crippen LogP contribution in [0.3, 0.4) is 0 Å². The van der Waals surface area contributed by atoms with E-state index in [0.29, 0.717) is 47.0 Å². The van der Waals surface area contributed by atoms with Crippen molar-refractivity contribution in [2.75, 3.05) is 23.0 Å². The second-order valence-corrected chi connectivity index (χ2v) is 13.4. The maximum absolute atomic E-state index is 11.3. The molecule has 4 aliphatic carbocycles. The van der Waals surface area contributed by atoms with Crippen molar-refractivity contribution in [2.24, 2.45) is 47.3 Å². The number of fused-ring (bicyclic) bond motifs is 4. The Balaban J connectivity index is 1.26. The van der Waals surface area contributed by atoms with Crippen molar-refractivity contribution in [3.8, 4) is 0 Å². The first-order valence-electron chi connectivity index (χ1n) is 9.92. The summed E-state index contributed by atoms with van der Waals surface area (Å²) in [5.74, 6) is 8.16. The topological polar surface area (TPSA) is 74.6 Å². The van der Waals surface area contributed by atoms with E-state index in [1.54, 1.807) is 0 Å². The van der Waals surface area contributed by atoms with Crippen LogP contribution in [0.15, 0.2) is 0 Å². The van der Waals surface area contributed by atoms with Crippen LogP contribution >= 0.6 is 21.6 Å². The second kappa shape index (κ2) is 8.74. The predicted molar refractivity (Wildman–Crippen MR) is 112 cm³/mol. The highest BCUT2D eigenvalue weighted by atomic mass is 33.1. The maximum atomic E-state index is 11.3. The van der Waals surface area contributed by atoms with E-state index in [1.807, 2.05) is 21.6 Å². The highest BCUT2D eigenvalue weighted by Gasteiger charge is 2.49. The molecule has 26 heavy (non-hydrogen) atoms. The van der Waals surface area contributed by atoms with Gasteiger partial charge in [0, 0.05) is 11.5 Å². The van der Waals surface area contributed by atoms with Gasteiger partial charge in [-0.3, -0.25) is 0 Å². The molecule has 0 aromatic heterocycles. The third-order valence-corrected chi connectivity index (χ3v) is 11.7. The highest BCUT2D eigenvalue weighted by molar-refractivity contribution is 8.76. The van der Waals surface area contributed by atoms with Gasteiger partial charge in [-0.1, -0.05) is 21.6 Å². The highest BCUT2D eigenvalue weighted by Crippen LogP contribution is 2.56. The van der Waals surface area contributed by atoms with E-state index in [4.69, 9.17) is 0 Å². The Kier molecular flexibility index (Phi) is 6.79. The van der Waals surface area contributed by atoms with Gasteiger partial charge in [0.25, 0.3) is 0 Å². The summed E-state index contributed by atoms with van der Waals surface area (Å²) >= 11 is -3.33. The Morgan fingerprint density at radius 2 is 1.00 bits per heavy atom. The minimum Gasteiger partial charge on any atom is -0.306 e. The Morgan fingerprint density at radius 3 is 1.35 bits per heavy atom. The third kappa shape index (κ3) is 4.25. The molecule has 0 saturated heterocycles. The molecule has 0 spiro atoms. The smallest absolute Gasteiger partial charge is 0.153 e. The average molecular weight is 439 g/mol. The lowest BCUT2D eigenvalue weighted by atomic mass is 9.81. The number of rotatable bonds is 9. The molecule has 0 amide bonds. The molecule has 4 rings (SSSR count). The van der Waals surface area contributed by atoms with E-state index in [-0.39, 0.29) is 0 Å². The molecule has 4 fully saturated rings. The van der Waals surface area contributed by atoms with E-state index >= 15 is 0 Å². The van der Waals surface area contributed by atoms with Crippen LogP contribution < -0.4 is 0 Å². The Labute approximate surface area is 169 Å². The fourth-order valence-corrected chi connectivity index (χ4v) is 11.4. The fourth-order valence-electron chi connectivity index (χ4n) is 6.68. The van der Waals surface area contributed by atoms with Gasteiger partial charge in [-0.05, 0) is 85.9 Å². The quantitative estimate of drug-likeness (QED) is 0.320. The van der Waals surface area contributed by atoms with Gasteiger partial charge in [0.2, 0.25) is 0 Å². The van der Waals surface area contributed by atoms with E-state index < -0.39 is 22.2 Å². The minimum absolute atomic E-state index is 0.444. The zero-order valence-corrected chi connectivity index (χ0v) is 18.3. The zero-order chi connectivity index (χ0) is 18.3. The van der Waals surface area contributed by atoms with Crippen LogP contribution in [-0.4, -0.2) is 40.5 Å². The van der Waals surface area contributed by atoms with Crippen molar-refractivity contribution >= 4 is 43.7 Å². The molecule has 0 heterocycles. The first kappa shape index (κ1) is 20.2. The molecule has 4 aliphatic rings. The average Bonchev–Trinajstić information content (AvgIpc) is 3.33. The van der Waals surface area contributed by atoms with Crippen molar-refractivity contribution in [3.63, 3.8) is 0 Å². The molecule has 8 heteroatoms. The van der Waals surface area contributed by atoms with E-state index in [1.165, 1.54) is 38.5 Å². The third-order valence-electron chi connectivity index (χ3n) is 7.82. The summed E-state index contributed by atoms with van der Waals surface area (Å²) in [5.41, 5.74) is 0. The molecular formula is C18H30O4S4. The Morgan fingerprint density at radius 1 is 0.654 bits per heavy atom. The molecule has 150 valence electrons. The molecule has 4 saturated carbocycles. The minimum atomic E-state index is -1.67. The van der Waals surface area contributed by atoms with Crippen molar-refractivity contribution in [1.29, 1.82) is 0 Å². The summed E-state index contributed by atoms with van der Waals surface area (Å²) in [4.78, 5) is 0. The van der Waals surface area contributed by atoms with E-state index in [2.05, 4.69) is 0 Å². The second-order valence-electron chi connectivity index (χ2n) is 8.87. The summed E-state index contributed by atoms with van der Waals surface area (Å²) in [7, 11) is 3.91. The van der Waals surface area contributed by atoms with Crippen LogP contribution in [0.25, 0.3) is 0 Å². The molecule has 2 N–H and O–H groups in total. The Bertz CT molecular complexity index is 511. The molecule has 4 bridgehead atoms. The zero-order valence-electron chi connectivity index (χ0n) is 15.0. The molecule has 0 aromatic carbocycles. The summed E-state index contributed by atoms with van der Waals surface area (Å²) in [6.45, 7) is 0. The lowest BCUT2D eigenvalue weighted by Crippen LogP contribution is -2.29. The van der Waals surface area contributed by atoms with Crippen molar-refractivity contribution in [2.45, 2.75) is 38.5 Å². The Hall–Kier alpha value is 0.920. The molecule has 2 unspecified atom stereocenters. The maximum Gasteiger partial charge on any atom is 0.153 e. The standard InChI is InChI=1S/C18H30O4S4/c19-25(20)9-17-13-3-1-11(5-13)15(17)7-23-24-8-16-12-2-4-14(6-12)18(16)10-26(21)22/h11-18H,1-10H2,(H,19,20)(H,21,22)/t11-,12-,13+,14+,15+,16+,17+,18+/m0/s1. The van der Waals surface area contributed by atoms with Gasteiger partial charge in [0.15, 0.2) is 22.2 Å². The molecule has 0 radical (unpaired) electrons. The molecule has 10 atom stereocenters. The van der Waals surface area contributed by atoms with Crippen LogP contribution in [-0.2, 0) is 22.2 Å². The van der Waals surface area contributed by atoms with Gasteiger partial charge in [0.1, 0.15) is 0 Å². The first-order chi connectivity index (χ1) is 12.5. The number of hydrogen-bond acceptors (Lipinski definition) is 4. The molecule has 0 aromatic rings. The fraction of sp³-hybridized carbons (Fsp3) is 1.00. The van der Waals surface area contributed by atoms with Crippen LogP contribution in [0.1, 0.15) is 38.5 Å². The van der Waals surface area contributed by atoms with Crippen LogP contribution in [0, 0.1) is 47.3 Å². The SMILES string of the molecule is O=S(O)C[C@@H]1[C@@H]2CC[C@@H](C2)[C@H]1CSSC[C@@H]1[C@H]2CC[C@H](C2)[C@H]1CS(=O)O. The van der Waals surface area contributed by atoms with Crippen molar-refractivity contribution in [1.82, 2.24) is 0 Å². The molecule has 0 aliphatic heterocycles. The summed E-state index contributed by atoms with van der Waals surface area (Å²) in [5, 5.41) is 0. The van der Waals surface area contributed by atoms with Crippen LogP contribution in [0.4, 0.5) is 0 Å². The lowest BCUT2D eigenvalue weighted by molar-refractivity contribution is 0.265. The van der Waals surface area contributed by atoms with Crippen molar-refractivity contribution in [3.05, 3.63) is 0 Å². The normalized spacial score (nSPS) is 46.1. The largest absolute Gasteiger partial charge is 0.306 e. The van der Waals surface area contributed by atoms with Crippen LogP contribution in [0.5, 0.6) is 0 Å². The van der Waals surface area contributed by atoms with E-state index in [9.17, 15) is 17.5 Å². The van der Waals surface area contributed by atoms with Crippen molar-refractivity contribution < 1.29 is 17.5 Å². The molecule has 4 nitrogen and oxygen atoms in total. The van der Waals surface area contributed by atoms with Gasteiger partial charge < -0.3 is 9.11 Å². The number of hydrogen-bond donors (Lipinski definition) is 2. The monoisotopic (exact) mass is 438 g/mol. The van der Waals surface area contributed by atoms with E-state index in [0.717, 1.165) is 23.3 Å². The predicted octanol–water partition coefficient (Wildman–Crippen LogP) is 4.14. The van der Waals surface area contributed by atoms with Crippen LogP contribution in [0.2, 0.25) is 0 Å².